The van der Waals surface area contributed by atoms with Crippen LogP contribution in [0.25, 0.3) is 0 Å². The number of likely N-dealkylation sites (tertiary alicyclic amines) is 2. The molecule has 42 heavy (non-hydrogen) atoms. The van der Waals surface area contributed by atoms with Gasteiger partial charge in [0.1, 0.15) is 0 Å². The van der Waals surface area contributed by atoms with Crippen molar-refractivity contribution in [3.63, 3.8) is 0 Å². The molecule has 0 unspecified atom stereocenters. The van der Waals surface area contributed by atoms with Crippen LogP contribution < -0.4 is 14.2 Å². The SMILES string of the molecule is CCCCN(CCCCN(C)C)C(=O)CN1C[C@H](c2cc(OC)c3c(c2)OCO3)[C@@H](C(=O)O)[C@@H]1CCN1CCCC1=O. The molecule has 1 aromatic rings. The van der Waals surface area contributed by atoms with Crippen LogP contribution in [0.4, 0.5) is 0 Å². The molecule has 2 amide bonds. The monoisotopic (exact) mass is 588 g/mol. The third-order valence-electron chi connectivity index (χ3n) is 8.76. The maximum atomic E-state index is 13.8. The highest BCUT2D eigenvalue weighted by molar-refractivity contribution is 5.79. The number of nitrogens with zero attached hydrogens (tertiary/aromatic N) is 4. The van der Waals surface area contributed by atoms with E-state index in [1.165, 1.54) is 0 Å². The molecule has 234 valence electrons. The Morgan fingerprint density at radius 2 is 1.88 bits per heavy atom. The number of carboxylic acid groups (broad SMARTS) is 1. The fraction of sp³-hybridized carbons (Fsp3) is 0.710. The van der Waals surface area contributed by atoms with Crippen LogP contribution in [0.5, 0.6) is 17.2 Å². The lowest BCUT2D eigenvalue weighted by Crippen LogP contribution is -2.45. The topological polar surface area (TPSA) is 112 Å². The molecule has 2 fully saturated rings. The lowest BCUT2D eigenvalue weighted by atomic mass is 9.84. The zero-order chi connectivity index (χ0) is 30.2. The Labute approximate surface area is 249 Å². The zero-order valence-electron chi connectivity index (χ0n) is 25.7. The number of benzene rings is 1. The largest absolute Gasteiger partial charge is 0.493 e. The van der Waals surface area contributed by atoms with Gasteiger partial charge in [0.2, 0.25) is 24.4 Å². The van der Waals surface area contributed by atoms with E-state index in [4.69, 9.17) is 14.2 Å². The maximum absolute atomic E-state index is 13.8. The molecule has 0 saturated carbocycles. The molecular weight excluding hydrogens is 540 g/mol. The van der Waals surface area contributed by atoms with E-state index in [2.05, 4.69) is 11.8 Å². The molecule has 3 aliphatic heterocycles. The predicted octanol–water partition coefficient (Wildman–Crippen LogP) is 2.88. The summed E-state index contributed by atoms with van der Waals surface area (Å²) in [6.07, 6.45) is 5.71. The molecule has 4 rings (SSSR count). The van der Waals surface area contributed by atoms with Crippen molar-refractivity contribution in [2.75, 3.05) is 73.8 Å². The van der Waals surface area contributed by atoms with Crippen LogP contribution in [-0.2, 0) is 14.4 Å². The number of amides is 2. The number of fused-ring (bicyclic) bond motifs is 1. The molecule has 3 heterocycles. The number of carboxylic acids is 1. The first kappa shape index (κ1) is 31.9. The number of hydrogen-bond donors (Lipinski definition) is 1. The van der Waals surface area contributed by atoms with Crippen LogP contribution in [0.1, 0.15) is 63.4 Å². The van der Waals surface area contributed by atoms with Crippen molar-refractivity contribution in [1.82, 2.24) is 19.6 Å². The van der Waals surface area contributed by atoms with Crippen LogP contribution in [0, 0.1) is 5.92 Å². The highest BCUT2D eigenvalue weighted by Crippen LogP contribution is 2.47. The summed E-state index contributed by atoms with van der Waals surface area (Å²) in [5, 5.41) is 10.6. The standard InChI is InChI=1S/C31H48N4O7/c1-5-6-13-33(14-8-7-12-32(2)3)28(37)20-35-19-23(22-17-25(40-4)30-26(18-22)41-21-42-30)29(31(38)39)24(35)11-16-34-15-9-10-27(34)36/h17-18,23-24,29H,5-16,19-21H2,1-4H3,(H,38,39)/t23-,24+,29-/m1/s1. The minimum atomic E-state index is -0.907. The van der Waals surface area contributed by atoms with Crippen LogP contribution in [0.2, 0.25) is 0 Å². The fourth-order valence-electron chi connectivity index (χ4n) is 6.50. The molecule has 0 aromatic heterocycles. The number of ether oxygens (including phenoxy) is 3. The van der Waals surface area contributed by atoms with Gasteiger partial charge in [0.15, 0.2) is 11.5 Å². The van der Waals surface area contributed by atoms with E-state index in [9.17, 15) is 19.5 Å². The van der Waals surface area contributed by atoms with Crippen molar-refractivity contribution in [2.45, 2.75) is 63.8 Å². The minimum absolute atomic E-state index is 0.0311. The summed E-state index contributed by atoms with van der Waals surface area (Å²) in [6, 6.07) is 3.28. The molecule has 1 N–H and O–H groups in total. The van der Waals surface area contributed by atoms with Gasteiger partial charge in [-0.1, -0.05) is 13.3 Å². The fourth-order valence-corrected chi connectivity index (χ4v) is 6.50. The number of carbonyl (C=O) groups excluding carboxylic acids is 2. The van der Waals surface area contributed by atoms with Gasteiger partial charge in [0, 0.05) is 51.1 Å². The molecule has 2 saturated heterocycles. The van der Waals surface area contributed by atoms with Crippen LogP contribution in [0.3, 0.4) is 0 Å². The molecular formula is C31H48N4O7. The van der Waals surface area contributed by atoms with E-state index in [1.807, 2.05) is 40.9 Å². The summed E-state index contributed by atoms with van der Waals surface area (Å²) >= 11 is 0. The first-order chi connectivity index (χ1) is 20.2. The molecule has 1 aromatic carbocycles. The number of methoxy groups -OCH3 is 1. The van der Waals surface area contributed by atoms with E-state index in [0.717, 1.165) is 44.2 Å². The summed E-state index contributed by atoms with van der Waals surface area (Å²) in [5.74, 6) is -0.357. The van der Waals surface area contributed by atoms with E-state index in [-0.39, 0.29) is 31.1 Å². The van der Waals surface area contributed by atoms with Gasteiger partial charge in [-0.25, -0.2) is 0 Å². The number of carbonyl (C=O) groups is 3. The molecule has 0 radical (unpaired) electrons. The first-order valence-corrected chi connectivity index (χ1v) is 15.4. The second-order valence-corrected chi connectivity index (χ2v) is 11.9. The Kier molecular flexibility index (Phi) is 11.3. The molecule has 3 aliphatic rings. The van der Waals surface area contributed by atoms with Gasteiger partial charge in [0.05, 0.1) is 19.6 Å². The number of unbranched alkanes of at least 4 members (excludes halogenated alkanes) is 2. The van der Waals surface area contributed by atoms with Gasteiger partial charge in [0.25, 0.3) is 0 Å². The van der Waals surface area contributed by atoms with Gasteiger partial charge in [-0.05, 0) is 70.4 Å². The molecule has 3 atom stereocenters. The normalized spacial score (nSPS) is 21.9. The molecule has 0 spiro atoms. The van der Waals surface area contributed by atoms with Crippen molar-refractivity contribution >= 4 is 17.8 Å². The van der Waals surface area contributed by atoms with E-state index < -0.39 is 17.9 Å². The second kappa shape index (κ2) is 14.9. The Bertz CT molecular complexity index is 1100. The van der Waals surface area contributed by atoms with Crippen molar-refractivity contribution in [2.24, 2.45) is 5.92 Å². The first-order valence-electron chi connectivity index (χ1n) is 15.4. The molecule has 11 nitrogen and oxygen atoms in total. The van der Waals surface area contributed by atoms with E-state index >= 15 is 0 Å². The minimum Gasteiger partial charge on any atom is -0.493 e. The quantitative estimate of drug-likeness (QED) is 0.291. The Morgan fingerprint density at radius 1 is 1.12 bits per heavy atom. The second-order valence-electron chi connectivity index (χ2n) is 11.9. The lowest BCUT2D eigenvalue weighted by Gasteiger charge is -2.31. The van der Waals surface area contributed by atoms with Gasteiger partial charge in [-0.15, -0.1) is 0 Å². The average molecular weight is 589 g/mol. The van der Waals surface area contributed by atoms with Gasteiger partial charge in [-0.3, -0.25) is 19.3 Å². The van der Waals surface area contributed by atoms with E-state index in [0.29, 0.717) is 62.8 Å². The van der Waals surface area contributed by atoms with Crippen molar-refractivity contribution in [3.8, 4) is 17.2 Å². The Hall–Kier alpha value is -3.05. The van der Waals surface area contributed by atoms with Gasteiger partial charge < -0.3 is 34.0 Å². The highest BCUT2D eigenvalue weighted by Gasteiger charge is 2.48. The molecule has 0 aliphatic carbocycles. The molecule has 11 heteroatoms. The number of rotatable bonds is 16. The number of aliphatic carboxylic acids is 1. The summed E-state index contributed by atoms with van der Waals surface area (Å²) in [7, 11) is 5.65. The van der Waals surface area contributed by atoms with Crippen LogP contribution in [0.15, 0.2) is 12.1 Å². The summed E-state index contributed by atoms with van der Waals surface area (Å²) in [4.78, 5) is 47.0. The highest BCUT2D eigenvalue weighted by atomic mass is 16.7. The van der Waals surface area contributed by atoms with Crippen LogP contribution >= 0.6 is 0 Å². The summed E-state index contributed by atoms with van der Waals surface area (Å²) < 4.78 is 16.8. The Balaban J connectivity index is 1.58. The lowest BCUT2D eigenvalue weighted by molar-refractivity contribution is -0.144. The molecule has 0 bridgehead atoms. The maximum Gasteiger partial charge on any atom is 0.308 e. The summed E-state index contributed by atoms with van der Waals surface area (Å²) in [6.45, 7) is 6.30. The predicted molar refractivity (Wildman–Crippen MR) is 158 cm³/mol. The Morgan fingerprint density at radius 3 is 2.55 bits per heavy atom. The smallest absolute Gasteiger partial charge is 0.308 e. The van der Waals surface area contributed by atoms with Crippen molar-refractivity contribution in [1.29, 1.82) is 0 Å². The van der Waals surface area contributed by atoms with Crippen molar-refractivity contribution in [3.05, 3.63) is 17.7 Å². The third-order valence-corrected chi connectivity index (χ3v) is 8.76. The van der Waals surface area contributed by atoms with E-state index in [1.54, 1.807) is 7.11 Å². The van der Waals surface area contributed by atoms with Crippen molar-refractivity contribution < 1.29 is 33.7 Å². The number of hydrogen-bond acceptors (Lipinski definition) is 8. The van der Waals surface area contributed by atoms with Gasteiger partial charge >= 0.3 is 5.97 Å². The average Bonchev–Trinajstić information content (AvgIpc) is 3.69. The van der Waals surface area contributed by atoms with Crippen LogP contribution in [-0.4, -0.2) is 122 Å². The summed E-state index contributed by atoms with van der Waals surface area (Å²) in [5.41, 5.74) is 0.784. The zero-order valence-corrected chi connectivity index (χ0v) is 25.7. The van der Waals surface area contributed by atoms with Gasteiger partial charge in [-0.2, -0.15) is 0 Å². The third kappa shape index (κ3) is 7.66.